The van der Waals surface area contributed by atoms with Crippen molar-refractivity contribution in [3.63, 3.8) is 0 Å². The zero-order chi connectivity index (χ0) is 19.1. The third-order valence-electron chi connectivity index (χ3n) is 4.05. The highest BCUT2D eigenvalue weighted by Gasteiger charge is 2.15. The molecule has 28 heavy (non-hydrogen) atoms. The molecular weight excluding hydrogens is 378 g/mol. The molecule has 0 aliphatic heterocycles. The smallest absolute Gasteiger partial charge is 0.321 e. The van der Waals surface area contributed by atoms with Gasteiger partial charge in [-0.15, -0.1) is 12.4 Å². The Bertz CT molecular complexity index is 867. The van der Waals surface area contributed by atoms with Gasteiger partial charge in [0.2, 0.25) is 0 Å². The molecule has 0 spiro atoms. The second kappa shape index (κ2) is 10.3. The van der Waals surface area contributed by atoms with Gasteiger partial charge in [0.05, 0.1) is 0 Å². The monoisotopic (exact) mass is 399 g/mol. The molecule has 0 fully saturated rings. The predicted molar refractivity (Wildman–Crippen MR) is 111 cm³/mol. The highest BCUT2D eigenvalue weighted by Crippen LogP contribution is 2.27. The van der Waals surface area contributed by atoms with Crippen molar-refractivity contribution in [1.29, 1.82) is 0 Å². The normalized spacial score (nSPS) is 11.2. The lowest BCUT2D eigenvalue weighted by Gasteiger charge is -2.12. The minimum absolute atomic E-state index is 0. The summed E-state index contributed by atoms with van der Waals surface area (Å²) in [7, 11) is 1.64. The zero-order valence-corrected chi connectivity index (χ0v) is 16.2. The standard InChI is InChI=1S/C22H21NO4.ClH/c1-23-21(22(24)25)15-16-7-9-18(10-8-16)27-20-13-11-19(12-14-20)26-17-5-3-2-4-6-17;/h2-14,21,23H,15H2,1H3,(H,24,25);1H/t21-;/m0./s1. The summed E-state index contributed by atoms with van der Waals surface area (Å²) < 4.78 is 11.6. The van der Waals surface area contributed by atoms with Crippen molar-refractivity contribution in [2.45, 2.75) is 12.5 Å². The van der Waals surface area contributed by atoms with E-state index in [1.54, 1.807) is 7.05 Å². The molecule has 0 heterocycles. The molecule has 6 heteroatoms. The van der Waals surface area contributed by atoms with Crippen LogP contribution in [0.2, 0.25) is 0 Å². The van der Waals surface area contributed by atoms with Crippen LogP contribution in [0.15, 0.2) is 78.9 Å². The number of hydrogen-bond acceptors (Lipinski definition) is 4. The van der Waals surface area contributed by atoms with Crippen molar-refractivity contribution in [2.75, 3.05) is 7.05 Å². The fourth-order valence-electron chi connectivity index (χ4n) is 2.58. The Hall–Kier alpha value is -3.02. The fourth-order valence-corrected chi connectivity index (χ4v) is 2.58. The van der Waals surface area contributed by atoms with Crippen molar-refractivity contribution in [3.05, 3.63) is 84.4 Å². The van der Waals surface area contributed by atoms with Crippen molar-refractivity contribution in [2.24, 2.45) is 0 Å². The SMILES string of the molecule is CN[C@@H](Cc1ccc(Oc2ccc(Oc3ccccc3)cc2)cc1)C(=O)O.Cl. The van der Waals surface area contributed by atoms with Crippen LogP contribution in [0.25, 0.3) is 0 Å². The van der Waals surface area contributed by atoms with Gasteiger partial charge < -0.3 is 19.9 Å². The Labute approximate surface area is 170 Å². The molecule has 2 N–H and O–H groups in total. The quantitative estimate of drug-likeness (QED) is 0.563. The summed E-state index contributed by atoms with van der Waals surface area (Å²) in [6, 6.07) is 23.8. The number of carboxylic acids is 1. The number of carboxylic acid groups (broad SMARTS) is 1. The molecule has 0 aliphatic carbocycles. The van der Waals surface area contributed by atoms with Crippen LogP contribution in [0.4, 0.5) is 0 Å². The van der Waals surface area contributed by atoms with Gasteiger partial charge in [0.25, 0.3) is 0 Å². The lowest BCUT2D eigenvalue weighted by atomic mass is 10.1. The van der Waals surface area contributed by atoms with Gasteiger partial charge in [-0.3, -0.25) is 4.79 Å². The number of ether oxygens (including phenoxy) is 2. The Kier molecular flexibility index (Phi) is 7.87. The number of nitrogens with one attached hydrogen (secondary N) is 1. The van der Waals surface area contributed by atoms with E-state index >= 15 is 0 Å². The lowest BCUT2D eigenvalue weighted by Crippen LogP contribution is -2.35. The van der Waals surface area contributed by atoms with Gasteiger partial charge in [-0.05, 0) is 67.6 Å². The molecule has 0 radical (unpaired) electrons. The molecule has 0 aromatic heterocycles. The van der Waals surface area contributed by atoms with Crippen LogP contribution >= 0.6 is 12.4 Å². The van der Waals surface area contributed by atoms with E-state index in [-0.39, 0.29) is 12.4 Å². The number of hydrogen-bond donors (Lipinski definition) is 2. The van der Waals surface area contributed by atoms with Gasteiger partial charge in [0.15, 0.2) is 0 Å². The van der Waals surface area contributed by atoms with E-state index in [0.717, 1.165) is 17.1 Å². The summed E-state index contributed by atoms with van der Waals surface area (Å²) in [5, 5.41) is 11.9. The van der Waals surface area contributed by atoms with Crippen LogP contribution in [0.1, 0.15) is 5.56 Å². The molecule has 0 saturated carbocycles. The third-order valence-corrected chi connectivity index (χ3v) is 4.05. The number of aliphatic carboxylic acids is 1. The minimum Gasteiger partial charge on any atom is -0.480 e. The number of rotatable bonds is 8. The Morgan fingerprint density at radius 2 is 1.25 bits per heavy atom. The number of benzene rings is 3. The van der Waals surface area contributed by atoms with Crippen molar-refractivity contribution in [1.82, 2.24) is 5.32 Å². The minimum atomic E-state index is -0.865. The molecule has 3 aromatic carbocycles. The largest absolute Gasteiger partial charge is 0.480 e. The van der Waals surface area contributed by atoms with E-state index in [4.69, 9.17) is 14.6 Å². The van der Waals surface area contributed by atoms with Crippen LogP contribution in [-0.4, -0.2) is 24.2 Å². The highest BCUT2D eigenvalue weighted by atomic mass is 35.5. The number of halogens is 1. The van der Waals surface area contributed by atoms with Gasteiger partial charge in [-0.1, -0.05) is 30.3 Å². The first-order valence-corrected chi connectivity index (χ1v) is 8.64. The average molecular weight is 400 g/mol. The van der Waals surface area contributed by atoms with Gasteiger partial charge in [-0.2, -0.15) is 0 Å². The summed E-state index contributed by atoms with van der Waals surface area (Å²) in [6.45, 7) is 0. The summed E-state index contributed by atoms with van der Waals surface area (Å²) >= 11 is 0. The fraction of sp³-hybridized carbons (Fsp3) is 0.136. The van der Waals surface area contributed by atoms with Crippen LogP contribution in [0.5, 0.6) is 23.0 Å². The summed E-state index contributed by atoms with van der Waals surface area (Å²) in [4.78, 5) is 11.1. The molecule has 0 amide bonds. The van der Waals surface area contributed by atoms with Gasteiger partial charge >= 0.3 is 5.97 Å². The van der Waals surface area contributed by atoms with Gasteiger partial charge in [0.1, 0.15) is 29.0 Å². The van der Waals surface area contributed by atoms with E-state index in [0.29, 0.717) is 17.9 Å². The van der Waals surface area contributed by atoms with Crippen LogP contribution in [0, 0.1) is 0 Å². The van der Waals surface area contributed by atoms with Crippen LogP contribution in [-0.2, 0) is 11.2 Å². The number of likely N-dealkylation sites (N-methyl/N-ethyl adjacent to an activating group) is 1. The first kappa shape index (κ1) is 21.3. The van der Waals surface area contributed by atoms with E-state index < -0.39 is 12.0 Å². The zero-order valence-electron chi connectivity index (χ0n) is 15.4. The van der Waals surface area contributed by atoms with Crippen molar-refractivity contribution < 1.29 is 19.4 Å². The summed E-state index contributed by atoms with van der Waals surface area (Å²) in [5.74, 6) is 2.03. The molecule has 0 aliphatic rings. The molecule has 3 aromatic rings. The molecule has 0 unspecified atom stereocenters. The van der Waals surface area contributed by atoms with Gasteiger partial charge in [-0.25, -0.2) is 0 Å². The van der Waals surface area contributed by atoms with Crippen molar-refractivity contribution >= 4 is 18.4 Å². The van der Waals surface area contributed by atoms with Crippen molar-refractivity contribution in [3.8, 4) is 23.0 Å². The van der Waals surface area contributed by atoms with Crippen LogP contribution in [0.3, 0.4) is 0 Å². The maximum absolute atomic E-state index is 11.1. The Balaban J connectivity index is 0.00000280. The number of para-hydroxylation sites is 1. The highest BCUT2D eigenvalue weighted by molar-refractivity contribution is 5.85. The first-order valence-electron chi connectivity index (χ1n) is 8.64. The van der Waals surface area contributed by atoms with E-state index in [2.05, 4.69) is 5.32 Å². The van der Waals surface area contributed by atoms with E-state index in [1.165, 1.54) is 0 Å². The second-order valence-corrected chi connectivity index (χ2v) is 6.02. The molecule has 5 nitrogen and oxygen atoms in total. The molecule has 0 saturated heterocycles. The Morgan fingerprint density at radius 1 is 0.821 bits per heavy atom. The lowest BCUT2D eigenvalue weighted by molar-refractivity contribution is -0.139. The third kappa shape index (κ3) is 6.01. The summed E-state index contributed by atoms with van der Waals surface area (Å²) in [6.07, 6.45) is 0.414. The van der Waals surface area contributed by atoms with E-state index in [1.807, 2.05) is 78.9 Å². The maximum Gasteiger partial charge on any atom is 0.321 e. The Morgan fingerprint density at radius 3 is 1.68 bits per heavy atom. The first-order chi connectivity index (χ1) is 13.1. The average Bonchev–Trinajstić information content (AvgIpc) is 2.69. The van der Waals surface area contributed by atoms with E-state index in [9.17, 15) is 4.79 Å². The molecule has 0 bridgehead atoms. The van der Waals surface area contributed by atoms with Crippen LogP contribution < -0.4 is 14.8 Å². The molecule has 146 valence electrons. The van der Waals surface area contributed by atoms with Gasteiger partial charge in [0, 0.05) is 0 Å². The molecular formula is C22H22ClNO4. The summed E-state index contributed by atoms with van der Waals surface area (Å²) in [5.41, 5.74) is 0.927. The second-order valence-electron chi connectivity index (χ2n) is 6.02. The molecule has 1 atom stereocenters. The topological polar surface area (TPSA) is 67.8 Å². The molecule has 3 rings (SSSR count). The predicted octanol–water partition coefficient (Wildman–Crippen LogP) is 4.91. The maximum atomic E-state index is 11.1. The number of carbonyl (C=O) groups is 1.